The summed E-state index contributed by atoms with van der Waals surface area (Å²) in [6.45, 7) is 2.06. The quantitative estimate of drug-likeness (QED) is 0.782. The zero-order valence-electron chi connectivity index (χ0n) is 9.75. The van der Waals surface area contributed by atoms with Crippen LogP contribution >= 0.6 is 22.7 Å². The molecule has 0 bridgehead atoms. The molecule has 3 aromatic heterocycles. The molecule has 1 fully saturated rings. The van der Waals surface area contributed by atoms with Crippen molar-refractivity contribution in [2.24, 2.45) is 0 Å². The van der Waals surface area contributed by atoms with Crippen molar-refractivity contribution in [1.82, 2.24) is 19.8 Å². The Morgan fingerprint density at radius 3 is 2.83 bits per heavy atom. The molecule has 92 valence electrons. The monoisotopic (exact) mass is 277 g/mol. The number of nitrogens with zero attached hydrogens (tertiary/aromatic N) is 4. The maximum Gasteiger partial charge on any atom is 0.235 e. The lowest BCUT2D eigenvalue weighted by atomic mass is 10.3. The van der Waals surface area contributed by atoms with Crippen molar-refractivity contribution in [2.75, 3.05) is 5.73 Å². The Hall–Kier alpha value is -1.47. The van der Waals surface area contributed by atoms with E-state index < -0.39 is 0 Å². The van der Waals surface area contributed by atoms with Crippen LogP contribution < -0.4 is 5.73 Å². The predicted octanol–water partition coefficient (Wildman–Crippen LogP) is 2.68. The summed E-state index contributed by atoms with van der Waals surface area (Å²) in [4.78, 5) is 2.02. The van der Waals surface area contributed by atoms with Crippen LogP contribution in [0.15, 0.2) is 6.07 Å². The largest absolute Gasteiger partial charge is 0.391 e. The second-order valence-electron chi connectivity index (χ2n) is 4.59. The Morgan fingerprint density at radius 2 is 2.17 bits per heavy atom. The van der Waals surface area contributed by atoms with Crippen LogP contribution in [0.5, 0.6) is 0 Å². The van der Waals surface area contributed by atoms with Gasteiger partial charge in [0.25, 0.3) is 0 Å². The molecule has 0 aromatic carbocycles. The third-order valence-corrected chi connectivity index (χ3v) is 5.21. The van der Waals surface area contributed by atoms with Crippen LogP contribution in [0.4, 0.5) is 5.00 Å². The standard InChI is InChI=1S/C11H11N5S2/c1-5-4-7(12)17-8(5)10-15-16-9(6-2-3-6)13-14-11(16)18-10/h4,6H,2-3,12H2,1H3. The van der Waals surface area contributed by atoms with E-state index in [1.54, 1.807) is 22.7 Å². The average Bonchev–Trinajstić information content (AvgIpc) is 2.81. The molecule has 2 N–H and O–H groups in total. The molecule has 3 aromatic rings. The molecule has 0 saturated heterocycles. The molecule has 0 spiro atoms. The van der Waals surface area contributed by atoms with Crippen molar-refractivity contribution >= 4 is 32.6 Å². The van der Waals surface area contributed by atoms with Gasteiger partial charge in [0.05, 0.1) is 9.88 Å². The van der Waals surface area contributed by atoms with Crippen molar-refractivity contribution in [1.29, 1.82) is 0 Å². The normalized spacial score (nSPS) is 15.6. The number of hydrogen-bond acceptors (Lipinski definition) is 6. The molecule has 18 heavy (non-hydrogen) atoms. The van der Waals surface area contributed by atoms with Gasteiger partial charge in [-0.25, -0.2) is 0 Å². The van der Waals surface area contributed by atoms with Gasteiger partial charge in [-0.05, 0) is 31.4 Å². The van der Waals surface area contributed by atoms with Gasteiger partial charge in [-0.15, -0.1) is 21.5 Å². The zero-order valence-corrected chi connectivity index (χ0v) is 11.4. The van der Waals surface area contributed by atoms with Gasteiger partial charge in [-0.1, -0.05) is 11.3 Å². The molecule has 0 atom stereocenters. The van der Waals surface area contributed by atoms with E-state index in [2.05, 4.69) is 22.2 Å². The van der Waals surface area contributed by atoms with E-state index in [-0.39, 0.29) is 0 Å². The third-order valence-electron chi connectivity index (χ3n) is 3.09. The van der Waals surface area contributed by atoms with Gasteiger partial charge in [0.2, 0.25) is 4.96 Å². The highest BCUT2D eigenvalue weighted by Crippen LogP contribution is 2.41. The molecule has 3 heterocycles. The minimum atomic E-state index is 0.560. The fraction of sp³-hybridized carbons (Fsp3) is 0.364. The van der Waals surface area contributed by atoms with E-state index in [4.69, 9.17) is 5.73 Å². The van der Waals surface area contributed by atoms with Crippen molar-refractivity contribution in [2.45, 2.75) is 25.7 Å². The fourth-order valence-corrected chi connectivity index (χ4v) is 3.96. The molecule has 1 aliphatic carbocycles. The minimum absolute atomic E-state index is 0.560. The SMILES string of the molecule is Cc1cc(N)sc1-c1nn2c(C3CC3)nnc2s1. The van der Waals surface area contributed by atoms with E-state index in [0.29, 0.717) is 5.92 Å². The van der Waals surface area contributed by atoms with E-state index in [1.165, 1.54) is 18.4 Å². The number of hydrogen-bond donors (Lipinski definition) is 1. The molecule has 0 unspecified atom stereocenters. The van der Waals surface area contributed by atoms with Crippen molar-refractivity contribution < 1.29 is 0 Å². The zero-order chi connectivity index (χ0) is 12.3. The topological polar surface area (TPSA) is 69.1 Å². The summed E-state index contributed by atoms with van der Waals surface area (Å²) in [6, 6.07) is 1.99. The molecule has 7 heteroatoms. The van der Waals surface area contributed by atoms with Crippen LogP contribution in [0.2, 0.25) is 0 Å². The van der Waals surface area contributed by atoms with Crippen molar-refractivity contribution in [3.63, 3.8) is 0 Å². The number of aromatic nitrogens is 4. The number of anilines is 1. The van der Waals surface area contributed by atoms with Crippen LogP contribution in [0.1, 0.15) is 30.1 Å². The van der Waals surface area contributed by atoms with Gasteiger partial charge in [0, 0.05) is 5.92 Å². The van der Waals surface area contributed by atoms with E-state index in [1.807, 2.05) is 10.6 Å². The molecule has 0 amide bonds. The molecule has 1 saturated carbocycles. The van der Waals surface area contributed by atoms with Crippen molar-refractivity contribution in [3.05, 3.63) is 17.5 Å². The van der Waals surface area contributed by atoms with Crippen LogP contribution in [0, 0.1) is 6.92 Å². The molecular weight excluding hydrogens is 266 g/mol. The van der Waals surface area contributed by atoms with Gasteiger partial charge in [-0.2, -0.15) is 9.61 Å². The Morgan fingerprint density at radius 1 is 1.33 bits per heavy atom. The first-order valence-electron chi connectivity index (χ1n) is 5.81. The summed E-state index contributed by atoms with van der Waals surface area (Å²) in [7, 11) is 0. The number of thiophene rings is 1. The highest BCUT2D eigenvalue weighted by molar-refractivity contribution is 7.25. The second-order valence-corrected chi connectivity index (χ2v) is 6.63. The molecular formula is C11H11N5S2. The summed E-state index contributed by atoms with van der Waals surface area (Å²) in [5.74, 6) is 1.57. The summed E-state index contributed by atoms with van der Waals surface area (Å²) in [5, 5.41) is 14.9. The first-order valence-corrected chi connectivity index (χ1v) is 7.44. The molecule has 5 nitrogen and oxygen atoms in total. The minimum Gasteiger partial charge on any atom is -0.391 e. The smallest absolute Gasteiger partial charge is 0.235 e. The van der Waals surface area contributed by atoms with Gasteiger partial charge >= 0.3 is 0 Å². The number of nitrogen functional groups attached to an aromatic ring is 1. The lowest BCUT2D eigenvalue weighted by Crippen LogP contribution is -1.93. The Bertz CT molecular complexity index is 734. The summed E-state index contributed by atoms with van der Waals surface area (Å²) < 4.78 is 1.90. The van der Waals surface area contributed by atoms with Crippen LogP contribution in [0.3, 0.4) is 0 Å². The average molecular weight is 277 g/mol. The molecule has 0 radical (unpaired) electrons. The van der Waals surface area contributed by atoms with Gasteiger partial charge in [-0.3, -0.25) is 0 Å². The first kappa shape index (κ1) is 10.5. The van der Waals surface area contributed by atoms with Gasteiger partial charge in [0.1, 0.15) is 0 Å². The maximum absolute atomic E-state index is 5.84. The number of aryl methyl sites for hydroxylation is 1. The van der Waals surface area contributed by atoms with Gasteiger partial charge in [0.15, 0.2) is 10.8 Å². The second kappa shape index (κ2) is 3.52. The van der Waals surface area contributed by atoms with E-state index in [9.17, 15) is 0 Å². The summed E-state index contributed by atoms with van der Waals surface area (Å²) in [5.41, 5.74) is 7.01. The summed E-state index contributed by atoms with van der Waals surface area (Å²) >= 11 is 3.16. The van der Waals surface area contributed by atoms with Crippen LogP contribution in [-0.4, -0.2) is 19.8 Å². The fourth-order valence-electron chi connectivity index (χ4n) is 2.04. The first-order chi connectivity index (χ1) is 8.72. The number of nitrogens with two attached hydrogens (primary N) is 1. The maximum atomic E-state index is 5.84. The van der Waals surface area contributed by atoms with E-state index in [0.717, 1.165) is 25.7 Å². The van der Waals surface area contributed by atoms with Crippen molar-refractivity contribution in [3.8, 4) is 9.88 Å². The Labute approximate surface area is 111 Å². The Balaban J connectivity index is 1.88. The van der Waals surface area contributed by atoms with Crippen LogP contribution in [-0.2, 0) is 0 Å². The molecule has 4 rings (SSSR count). The van der Waals surface area contributed by atoms with Gasteiger partial charge < -0.3 is 5.73 Å². The molecule has 1 aliphatic rings. The number of fused-ring (bicyclic) bond motifs is 1. The summed E-state index contributed by atoms with van der Waals surface area (Å²) in [6.07, 6.45) is 2.41. The molecule has 0 aliphatic heterocycles. The lowest BCUT2D eigenvalue weighted by Gasteiger charge is -1.92. The lowest BCUT2D eigenvalue weighted by molar-refractivity contribution is 0.829. The van der Waals surface area contributed by atoms with E-state index >= 15 is 0 Å². The highest BCUT2D eigenvalue weighted by atomic mass is 32.1. The number of rotatable bonds is 2. The Kier molecular flexibility index (Phi) is 2.04. The highest BCUT2D eigenvalue weighted by Gasteiger charge is 2.30. The van der Waals surface area contributed by atoms with Crippen LogP contribution in [0.25, 0.3) is 14.8 Å². The predicted molar refractivity (Wildman–Crippen MR) is 73.1 cm³/mol. The third kappa shape index (κ3) is 1.47.